The predicted molar refractivity (Wildman–Crippen MR) is 179 cm³/mol. The van der Waals surface area contributed by atoms with Gasteiger partial charge in [0, 0.05) is 42.8 Å². The second-order valence-electron chi connectivity index (χ2n) is 13.7. The summed E-state index contributed by atoms with van der Waals surface area (Å²) >= 11 is 7.87. The third-order valence-electron chi connectivity index (χ3n) is 10.9. The molecule has 1 amide bonds. The van der Waals surface area contributed by atoms with Gasteiger partial charge in [0.25, 0.3) is 5.91 Å². The standard InChI is InChI=1S/C36H45ClN2O5S/c1-42-33-8-2-7-31(40)28-12-9-25(28)20-39-21-36(15-3-5-23-17-26(37)11-13-29(23)36)22-44-32-14-10-24(18-30(32)39)35(41)38-45-34(33)19-27-6-4-16-43-27/h2,7,10-11,13-14,17-18,25,27-28,31,33-34,40H,3-6,8-9,12,15-16,19-22H2,1H3,(H,38,41)/b7-2-/t25-,27-,28+,31-,33+,34-,36-/m0/s1. The first-order valence-corrected chi connectivity index (χ1v) is 17.9. The summed E-state index contributed by atoms with van der Waals surface area (Å²) < 4.78 is 21.7. The Hall–Kier alpha value is -2.23. The number of benzene rings is 2. The third kappa shape index (κ3) is 6.51. The Morgan fingerprint density at radius 3 is 2.89 bits per heavy atom. The number of carbonyl (C=O) groups is 1. The minimum atomic E-state index is -0.501. The van der Waals surface area contributed by atoms with E-state index in [1.807, 2.05) is 30.3 Å². The van der Waals surface area contributed by atoms with E-state index in [4.69, 9.17) is 25.8 Å². The first-order chi connectivity index (χ1) is 21.9. The monoisotopic (exact) mass is 652 g/mol. The normalized spacial score (nSPS) is 34.1. The number of methoxy groups -OCH3 is 1. The molecular weight excluding hydrogens is 608 g/mol. The number of ether oxygens (including phenoxy) is 3. The van der Waals surface area contributed by atoms with Crippen molar-refractivity contribution in [2.45, 2.75) is 86.8 Å². The van der Waals surface area contributed by atoms with Gasteiger partial charge >= 0.3 is 0 Å². The van der Waals surface area contributed by atoms with Gasteiger partial charge in [-0.15, -0.1) is 0 Å². The van der Waals surface area contributed by atoms with E-state index in [2.05, 4.69) is 27.8 Å². The minimum Gasteiger partial charge on any atom is -0.490 e. The molecule has 1 saturated heterocycles. The number of hydrogen-bond donors (Lipinski definition) is 2. The highest BCUT2D eigenvalue weighted by Gasteiger charge is 2.44. The average molecular weight is 653 g/mol. The number of anilines is 1. The molecule has 1 saturated carbocycles. The fraction of sp³-hybridized carbons (Fsp3) is 0.583. The minimum absolute atomic E-state index is 0.00795. The largest absolute Gasteiger partial charge is 0.490 e. The highest BCUT2D eigenvalue weighted by molar-refractivity contribution is 7.98. The summed E-state index contributed by atoms with van der Waals surface area (Å²) in [6.45, 7) is 2.97. The van der Waals surface area contributed by atoms with Crippen LogP contribution in [0.15, 0.2) is 48.6 Å². The lowest BCUT2D eigenvalue weighted by Gasteiger charge is -2.45. The summed E-state index contributed by atoms with van der Waals surface area (Å²) in [7, 11) is 1.73. The summed E-state index contributed by atoms with van der Waals surface area (Å²) in [5.74, 6) is 1.23. The number of hydrogen-bond acceptors (Lipinski definition) is 7. The summed E-state index contributed by atoms with van der Waals surface area (Å²) in [6.07, 6.45) is 12.4. The molecule has 2 aliphatic carbocycles. The zero-order valence-corrected chi connectivity index (χ0v) is 27.7. The molecule has 3 aliphatic heterocycles. The second kappa shape index (κ2) is 13.5. The number of rotatable bonds is 3. The number of amides is 1. The van der Waals surface area contributed by atoms with Crippen LogP contribution in [-0.4, -0.2) is 68.0 Å². The van der Waals surface area contributed by atoms with Crippen molar-refractivity contribution in [2.24, 2.45) is 11.8 Å². The van der Waals surface area contributed by atoms with Gasteiger partial charge in [-0.2, -0.15) is 0 Å². The molecule has 5 aliphatic rings. The van der Waals surface area contributed by atoms with Crippen LogP contribution in [0.5, 0.6) is 5.75 Å². The van der Waals surface area contributed by atoms with Crippen LogP contribution in [0.1, 0.15) is 72.9 Å². The average Bonchev–Trinajstić information content (AvgIpc) is 3.49. The van der Waals surface area contributed by atoms with Crippen molar-refractivity contribution in [2.75, 3.05) is 38.3 Å². The van der Waals surface area contributed by atoms with Crippen molar-refractivity contribution in [3.63, 3.8) is 0 Å². The van der Waals surface area contributed by atoms with Crippen molar-refractivity contribution in [3.05, 3.63) is 70.3 Å². The molecule has 2 aromatic rings. The van der Waals surface area contributed by atoms with Crippen molar-refractivity contribution in [1.29, 1.82) is 0 Å². The zero-order chi connectivity index (χ0) is 31.0. The van der Waals surface area contributed by atoms with E-state index in [0.717, 1.165) is 87.5 Å². The summed E-state index contributed by atoms with van der Waals surface area (Å²) in [5.41, 5.74) is 4.02. The van der Waals surface area contributed by atoms with Crippen molar-refractivity contribution in [3.8, 4) is 5.75 Å². The molecule has 1 spiro atoms. The van der Waals surface area contributed by atoms with Gasteiger partial charge < -0.3 is 24.2 Å². The van der Waals surface area contributed by atoms with E-state index in [1.165, 1.54) is 23.1 Å². The van der Waals surface area contributed by atoms with E-state index >= 15 is 0 Å². The lowest BCUT2D eigenvalue weighted by atomic mass is 9.68. The molecule has 9 heteroatoms. The Labute approximate surface area is 276 Å². The van der Waals surface area contributed by atoms with Gasteiger partial charge in [0.1, 0.15) is 5.75 Å². The highest BCUT2D eigenvalue weighted by Crippen LogP contribution is 2.47. The Balaban J connectivity index is 1.23. The number of halogens is 1. The summed E-state index contributed by atoms with van der Waals surface area (Å²) in [4.78, 5) is 16.2. The maximum atomic E-state index is 13.7. The van der Waals surface area contributed by atoms with Crippen molar-refractivity contribution in [1.82, 2.24) is 4.72 Å². The number of nitrogens with zero attached hydrogens (tertiary/aromatic N) is 1. The SMILES string of the molecule is CO[C@@H]1C/C=C\[C@H](O)[C@@H]2CC[C@H]2CN2C[C@@]3(CCCc4cc(Cl)ccc43)COc3ccc(cc32)C(=O)NS[C@H]1C[C@@H]1CCCO1. The predicted octanol–water partition coefficient (Wildman–Crippen LogP) is 6.49. The molecule has 7 nitrogen and oxygen atoms in total. The van der Waals surface area contributed by atoms with E-state index < -0.39 is 6.10 Å². The number of nitrogens with one attached hydrogen (secondary N) is 1. The first kappa shape index (κ1) is 31.4. The van der Waals surface area contributed by atoms with Crippen molar-refractivity contribution < 1.29 is 24.1 Å². The smallest absolute Gasteiger partial charge is 0.261 e. The Morgan fingerprint density at radius 1 is 1.18 bits per heavy atom. The molecular formula is C36H45ClN2O5S. The van der Waals surface area contributed by atoms with Crippen LogP contribution in [0, 0.1) is 11.8 Å². The van der Waals surface area contributed by atoms with E-state index in [0.29, 0.717) is 24.5 Å². The topological polar surface area (TPSA) is 80.3 Å². The number of carbonyl (C=O) groups excluding carboxylic acids is 1. The lowest BCUT2D eigenvalue weighted by molar-refractivity contribution is 0.0448. The molecule has 45 heavy (non-hydrogen) atoms. The van der Waals surface area contributed by atoms with Gasteiger partial charge in [-0.1, -0.05) is 29.8 Å². The van der Waals surface area contributed by atoms with Crippen LogP contribution in [0.3, 0.4) is 0 Å². The quantitative estimate of drug-likeness (QED) is 0.290. The number of aliphatic hydroxyl groups excluding tert-OH is 1. The van der Waals surface area contributed by atoms with Crippen LogP contribution < -0.4 is 14.4 Å². The molecule has 7 rings (SSSR count). The van der Waals surface area contributed by atoms with Crippen LogP contribution in [0.2, 0.25) is 5.02 Å². The van der Waals surface area contributed by atoms with E-state index in [1.54, 1.807) is 7.11 Å². The van der Waals surface area contributed by atoms with Crippen LogP contribution >= 0.6 is 23.5 Å². The van der Waals surface area contributed by atoms with Gasteiger partial charge in [-0.05, 0) is 123 Å². The molecule has 2 fully saturated rings. The summed E-state index contributed by atoms with van der Waals surface area (Å²) in [5, 5.41) is 12.1. The highest BCUT2D eigenvalue weighted by atomic mass is 35.5. The van der Waals surface area contributed by atoms with Gasteiger partial charge in [-0.25, -0.2) is 0 Å². The fourth-order valence-corrected chi connectivity index (χ4v) is 9.51. The third-order valence-corrected chi connectivity index (χ3v) is 12.2. The first-order valence-electron chi connectivity index (χ1n) is 16.7. The van der Waals surface area contributed by atoms with Gasteiger partial charge in [-0.3, -0.25) is 9.52 Å². The van der Waals surface area contributed by atoms with Gasteiger partial charge in [0.05, 0.1) is 35.9 Å². The molecule has 242 valence electrons. The van der Waals surface area contributed by atoms with E-state index in [-0.39, 0.29) is 34.7 Å². The molecule has 7 atom stereocenters. The van der Waals surface area contributed by atoms with Gasteiger partial charge in [0.2, 0.25) is 0 Å². The molecule has 2 aromatic carbocycles. The number of fused-ring (bicyclic) bond motifs is 4. The maximum absolute atomic E-state index is 13.7. The summed E-state index contributed by atoms with van der Waals surface area (Å²) in [6, 6.07) is 12.2. The zero-order valence-electron chi connectivity index (χ0n) is 26.1. The van der Waals surface area contributed by atoms with Crippen LogP contribution in [0.25, 0.3) is 0 Å². The molecule has 2 bridgehead atoms. The molecule has 2 N–H and O–H groups in total. The Bertz CT molecular complexity index is 1420. The maximum Gasteiger partial charge on any atom is 0.261 e. The number of aryl methyl sites for hydroxylation is 1. The fourth-order valence-electron chi connectivity index (χ4n) is 8.26. The number of aliphatic hydroxyl groups is 1. The molecule has 3 heterocycles. The Morgan fingerprint density at radius 2 is 2.09 bits per heavy atom. The lowest BCUT2D eigenvalue weighted by Crippen LogP contribution is -2.49. The molecule has 0 radical (unpaired) electrons. The molecule has 0 aromatic heterocycles. The van der Waals surface area contributed by atoms with Crippen LogP contribution in [-0.2, 0) is 21.3 Å². The second-order valence-corrected chi connectivity index (χ2v) is 15.2. The van der Waals surface area contributed by atoms with Gasteiger partial charge in [0.15, 0.2) is 0 Å². The van der Waals surface area contributed by atoms with Crippen LogP contribution in [0.4, 0.5) is 5.69 Å². The van der Waals surface area contributed by atoms with Crippen molar-refractivity contribution >= 4 is 35.1 Å². The Kier molecular flexibility index (Phi) is 9.40. The molecule has 0 unspecified atom stereocenters. The van der Waals surface area contributed by atoms with E-state index in [9.17, 15) is 9.90 Å².